The molecule has 1 aromatic carbocycles. The topological polar surface area (TPSA) is 330 Å². The summed E-state index contributed by atoms with van der Waals surface area (Å²) in [5, 5.41) is 67.1. The summed E-state index contributed by atoms with van der Waals surface area (Å²) < 4.78 is 0. The molecular weight excluding hydrogens is 933 g/mol. The molecule has 72 heavy (non-hydrogen) atoms. The molecule has 0 radical (unpaired) electrons. The Morgan fingerprint density at radius 1 is 0.806 bits per heavy atom. The maximum Gasteiger partial charge on any atom is 0.248 e. The Kier molecular flexibility index (Phi) is 23.6. The van der Waals surface area contributed by atoms with Gasteiger partial charge in [0.1, 0.15) is 42.0 Å². The van der Waals surface area contributed by atoms with E-state index in [-0.39, 0.29) is 57.4 Å². The molecule has 0 aromatic heterocycles. The third-order valence-electron chi connectivity index (χ3n) is 14.3. The molecule has 3 saturated heterocycles. The molecule has 0 bridgehead atoms. The summed E-state index contributed by atoms with van der Waals surface area (Å²) >= 11 is 0. The van der Waals surface area contributed by atoms with Gasteiger partial charge in [0.15, 0.2) is 0 Å². The highest BCUT2D eigenvalue weighted by Gasteiger charge is 2.49. The van der Waals surface area contributed by atoms with Crippen LogP contribution in [-0.4, -0.2) is 163 Å². The molecule has 12 N–H and O–H groups in total. The smallest absolute Gasteiger partial charge is 0.248 e. The van der Waals surface area contributed by atoms with Crippen LogP contribution in [0.15, 0.2) is 24.3 Å². The lowest BCUT2D eigenvalue weighted by molar-refractivity contribution is -0.147. The number of aryl methyl sites for hydroxylation is 1. The van der Waals surface area contributed by atoms with Crippen molar-refractivity contribution in [2.45, 2.75) is 198 Å². The fourth-order valence-electron chi connectivity index (χ4n) is 9.88. The van der Waals surface area contributed by atoms with Gasteiger partial charge in [-0.3, -0.25) is 38.4 Å². The summed E-state index contributed by atoms with van der Waals surface area (Å²) in [5.41, 5.74) is 6.02. The van der Waals surface area contributed by atoms with E-state index in [4.69, 9.17) is 5.73 Å². The first-order valence-electron chi connectivity index (χ1n) is 26.0. The minimum Gasteiger partial charge on any atom is -0.508 e. The molecule has 3 aliphatic rings. The number of nitrogens with one attached hydrogen (secondary N) is 5. The number of unbranched alkanes of at least 4 members (excludes halogenated alkanes) is 5. The van der Waals surface area contributed by atoms with Crippen molar-refractivity contribution in [3.63, 3.8) is 0 Å². The van der Waals surface area contributed by atoms with E-state index in [0.717, 1.165) is 47.8 Å². The number of nitrogens with zero attached hydrogens (tertiary/aromatic N) is 2. The van der Waals surface area contributed by atoms with Crippen LogP contribution in [0.4, 0.5) is 0 Å². The third kappa shape index (κ3) is 17.7. The summed E-state index contributed by atoms with van der Waals surface area (Å²) in [5.74, 6) is -6.38. The number of aromatic hydroxyl groups is 1. The number of primary amides is 1. The van der Waals surface area contributed by atoms with Crippen molar-refractivity contribution < 1.29 is 63.9 Å². The average Bonchev–Trinajstić information content (AvgIpc) is 3.87. The number of rotatable bonds is 20. The predicted molar refractivity (Wildman–Crippen MR) is 265 cm³/mol. The molecule has 0 aliphatic carbocycles. The average molecular weight is 1020 g/mol. The van der Waals surface area contributed by atoms with Crippen molar-refractivity contribution in [2.75, 3.05) is 19.6 Å². The monoisotopic (exact) mass is 1010 g/mol. The van der Waals surface area contributed by atoms with Crippen molar-refractivity contribution in [3.8, 4) is 5.75 Å². The number of hydrogen-bond acceptors (Lipinski definition) is 13. The van der Waals surface area contributed by atoms with E-state index in [2.05, 4.69) is 47.4 Å². The number of carbonyl (C=O) groups is 8. The zero-order chi connectivity index (χ0) is 53.2. The van der Waals surface area contributed by atoms with Crippen molar-refractivity contribution in [1.82, 2.24) is 36.4 Å². The van der Waals surface area contributed by atoms with Gasteiger partial charge in [0, 0.05) is 38.4 Å². The van der Waals surface area contributed by atoms with Gasteiger partial charge < -0.3 is 67.7 Å². The van der Waals surface area contributed by atoms with Gasteiger partial charge in [-0.25, -0.2) is 0 Å². The zero-order valence-corrected chi connectivity index (χ0v) is 42.7. The van der Waals surface area contributed by atoms with Crippen LogP contribution in [0.5, 0.6) is 5.75 Å². The molecular formula is C51H82N8O13. The highest BCUT2D eigenvalue weighted by molar-refractivity contribution is 5.98. The second-order valence-electron chi connectivity index (χ2n) is 20.6. The number of phenols is 1. The lowest BCUT2D eigenvalue weighted by Gasteiger charge is -2.33. The molecule has 404 valence electrons. The second-order valence-corrected chi connectivity index (χ2v) is 20.6. The van der Waals surface area contributed by atoms with Gasteiger partial charge in [0.2, 0.25) is 47.3 Å². The number of carbonyl (C=O) groups excluding carboxylic acids is 8. The fraction of sp³-hybridized carbons (Fsp3) is 0.725. The highest BCUT2D eigenvalue weighted by atomic mass is 16.3. The Morgan fingerprint density at radius 2 is 1.44 bits per heavy atom. The maximum absolute atomic E-state index is 14.5. The van der Waals surface area contributed by atoms with Crippen molar-refractivity contribution in [1.29, 1.82) is 0 Å². The Labute approximate surface area is 423 Å². The van der Waals surface area contributed by atoms with Crippen LogP contribution in [0.3, 0.4) is 0 Å². The normalized spacial score (nSPS) is 27.8. The van der Waals surface area contributed by atoms with Gasteiger partial charge in [-0.05, 0) is 75.0 Å². The quantitative estimate of drug-likeness (QED) is 0.0777. The molecule has 13 atom stereocenters. The Balaban J connectivity index is 1.62. The van der Waals surface area contributed by atoms with Gasteiger partial charge in [0.05, 0.1) is 30.8 Å². The van der Waals surface area contributed by atoms with Gasteiger partial charge in [-0.1, -0.05) is 84.8 Å². The van der Waals surface area contributed by atoms with Crippen LogP contribution in [0.1, 0.15) is 136 Å². The highest BCUT2D eigenvalue weighted by Crippen LogP contribution is 2.27. The number of nitrogens with two attached hydrogens (primary N) is 1. The molecule has 0 spiro atoms. The minimum atomic E-state index is -1.94. The largest absolute Gasteiger partial charge is 0.508 e. The summed E-state index contributed by atoms with van der Waals surface area (Å²) in [6, 6.07) is -3.41. The number of amides is 8. The second kappa shape index (κ2) is 28.8. The molecule has 1 aromatic rings. The SMILES string of the molecule is CCC(C)CC(C)CCCCCCCCC(=O)NC1CCCNC(=O)[C@@H]2[C@@H](O)[C@@H](C)CN2C(=O)[C@H]([C@H](O)CC(N)=O)NC(=O)[C@H](CCc2ccc(O)cc2)NC(=O)[C@@H]2C[C@@H](O)CN2C(=O)[C@H]([C@@H](C)O)NC1=O. The summed E-state index contributed by atoms with van der Waals surface area (Å²) in [4.78, 5) is 113. The van der Waals surface area contributed by atoms with E-state index in [0.29, 0.717) is 17.9 Å². The lowest BCUT2D eigenvalue weighted by Crippen LogP contribution is -2.62. The Hall–Kier alpha value is -5.38. The molecule has 3 unspecified atom stereocenters. The van der Waals surface area contributed by atoms with E-state index in [1.807, 2.05) is 0 Å². The van der Waals surface area contributed by atoms with Crippen LogP contribution in [0.2, 0.25) is 0 Å². The zero-order valence-electron chi connectivity index (χ0n) is 42.7. The summed E-state index contributed by atoms with van der Waals surface area (Å²) in [7, 11) is 0. The van der Waals surface area contributed by atoms with Crippen molar-refractivity contribution in [3.05, 3.63) is 29.8 Å². The molecule has 8 amide bonds. The van der Waals surface area contributed by atoms with Gasteiger partial charge in [0.25, 0.3) is 0 Å². The number of aliphatic hydroxyl groups excluding tert-OH is 4. The molecule has 0 saturated carbocycles. The van der Waals surface area contributed by atoms with Gasteiger partial charge >= 0.3 is 0 Å². The minimum absolute atomic E-state index is 0.0305. The van der Waals surface area contributed by atoms with Crippen molar-refractivity contribution in [2.24, 2.45) is 23.5 Å². The fourth-order valence-corrected chi connectivity index (χ4v) is 9.88. The summed E-state index contributed by atoms with van der Waals surface area (Å²) in [6.45, 7) is 8.90. The molecule has 3 heterocycles. The molecule has 21 heteroatoms. The Bertz CT molecular complexity index is 1990. The van der Waals surface area contributed by atoms with E-state index in [1.54, 1.807) is 19.1 Å². The maximum atomic E-state index is 14.5. The first-order valence-corrected chi connectivity index (χ1v) is 26.0. The van der Waals surface area contributed by atoms with Crippen LogP contribution in [-0.2, 0) is 44.8 Å². The van der Waals surface area contributed by atoms with Crippen molar-refractivity contribution >= 4 is 47.3 Å². The predicted octanol–water partition coefficient (Wildman–Crippen LogP) is 0.154. The lowest BCUT2D eigenvalue weighted by atomic mass is 9.91. The van der Waals surface area contributed by atoms with Crippen LogP contribution < -0.4 is 32.3 Å². The number of hydrogen-bond donors (Lipinski definition) is 11. The van der Waals surface area contributed by atoms with Gasteiger partial charge in [-0.2, -0.15) is 0 Å². The van der Waals surface area contributed by atoms with Crippen LogP contribution in [0.25, 0.3) is 0 Å². The number of benzene rings is 1. The van der Waals surface area contributed by atoms with E-state index in [9.17, 15) is 63.9 Å². The standard InChI is InChI=1S/C51H82N8O13/c1-6-29(2)24-30(3)14-11-9-7-8-10-12-16-41(65)54-36-15-13-23-53-49(70)44-45(66)31(4)27-59(44)51(72)43(39(63)26-40(52)64)57-47(68)37(22-19-33-17-20-34(61)21-18-33)55-48(69)38-25-35(62)28-58(38)50(71)42(32(5)60)56-46(36)67/h17-18,20-21,29-32,35-39,42-45,60-63,66H,6-16,19,22-28H2,1-5H3,(H2,52,64)(H,53,70)(H,54,65)(H,55,69)(H,56,67)(H,57,68)/t29?,30?,31-,32+,35+,36?,37-,38-,39+,42-,43-,44-,45-/m0/s1. The number of fused-ring (bicyclic) bond motifs is 2. The number of phenolic OH excluding ortho intramolecular Hbond substituents is 1. The Morgan fingerprint density at radius 3 is 2.10 bits per heavy atom. The number of aliphatic hydroxyl groups is 4. The van der Waals surface area contributed by atoms with Gasteiger partial charge in [-0.15, -0.1) is 0 Å². The first kappa shape index (κ1) is 59.2. The molecule has 4 rings (SSSR count). The van der Waals surface area contributed by atoms with Crippen LogP contribution in [0, 0.1) is 17.8 Å². The van der Waals surface area contributed by atoms with E-state index >= 15 is 0 Å². The van der Waals surface area contributed by atoms with E-state index < -0.39 is 127 Å². The molecule has 3 fully saturated rings. The van der Waals surface area contributed by atoms with Crippen LogP contribution >= 0.6 is 0 Å². The first-order chi connectivity index (χ1) is 34.1. The van der Waals surface area contributed by atoms with E-state index in [1.165, 1.54) is 38.3 Å². The molecule has 3 aliphatic heterocycles. The third-order valence-corrected chi connectivity index (χ3v) is 14.3. The summed E-state index contributed by atoms with van der Waals surface area (Å²) in [6.07, 6.45) is 1.94. The molecule has 21 nitrogen and oxygen atoms in total.